The molecule has 0 unspecified atom stereocenters. The van der Waals surface area contributed by atoms with E-state index in [0.29, 0.717) is 19.6 Å². The molecule has 194 valence electrons. The predicted molar refractivity (Wildman–Crippen MR) is 149 cm³/mol. The van der Waals surface area contributed by atoms with Gasteiger partial charge in [0.05, 0.1) is 12.6 Å². The number of carbonyl (C=O) groups is 2. The minimum Gasteiger partial charge on any atom is -0.492 e. The Hall–Kier alpha value is -4.22. The second kappa shape index (κ2) is 13.4. The normalized spacial score (nSPS) is 11.1. The number of hydrogen-bond donors (Lipinski definition) is 1. The van der Waals surface area contributed by atoms with Crippen molar-refractivity contribution in [1.29, 1.82) is 0 Å². The summed E-state index contributed by atoms with van der Waals surface area (Å²) in [5.41, 5.74) is 3.80. The van der Waals surface area contributed by atoms with Crippen LogP contribution in [0.1, 0.15) is 35.1 Å². The van der Waals surface area contributed by atoms with Crippen molar-refractivity contribution >= 4 is 11.8 Å². The van der Waals surface area contributed by atoms with Crippen LogP contribution in [0.15, 0.2) is 115 Å². The van der Waals surface area contributed by atoms with E-state index in [1.165, 1.54) is 7.11 Å². The first-order valence-corrected chi connectivity index (χ1v) is 12.8. The SMILES string of the molecule is COC(=O)CC(=O)CCc1ccccc1OCCNC(c1ccccc1)(c1ccccc1)c1ccccc1. The summed E-state index contributed by atoms with van der Waals surface area (Å²) in [5.74, 6) is 0.0842. The molecule has 38 heavy (non-hydrogen) atoms. The molecule has 5 heteroatoms. The molecule has 0 aliphatic heterocycles. The summed E-state index contributed by atoms with van der Waals surface area (Å²) in [7, 11) is 1.29. The van der Waals surface area contributed by atoms with Crippen molar-refractivity contribution < 1.29 is 19.1 Å². The molecule has 4 rings (SSSR count). The largest absolute Gasteiger partial charge is 0.492 e. The number of Topliss-reactive ketones (excluding diaryl/α,β-unsaturated/α-hetero) is 1. The molecule has 0 radical (unpaired) electrons. The Kier molecular flexibility index (Phi) is 9.43. The molecule has 0 saturated carbocycles. The maximum Gasteiger partial charge on any atom is 0.313 e. The summed E-state index contributed by atoms with van der Waals surface area (Å²) in [6.07, 6.45) is 0.554. The Balaban J connectivity index is 1.51. The molecule has 0 aliphatic carbocycles. The van der Waals surface area contributed by atoms with Crippen LogP contribution in [0.25, 0.3) is 0 Å². The third-order valence-electron chi connectivity index (χ3n) is 6.59. The molecular weight excluding hydrogens is 474 g/mol. The minimum absolute atomic E-state index is 0.147. The van der Waals surface area contributed by atoms with Crippen molar-refractivity contribution in [3.05, 3.63) is 138 Å². The monoisotopic (exact) mass is 507 g/mol. The van der Waals surface area contributed by atoms with Gasteiger partial charge in [0.1, 0.15) is 24.6 Å². The maximum absolute atomic E-state index is 12.1. The van der Waals surface area contributed by atoms with E-state index in [-0.39, 0.29) is 18.6 Å². The second-order valence-electron chi connectivity index (χ2n) is 9.02. The van der Waals surface area contributed by atoms with Crippen molar-refractivity contribution in [2.24, 2.45) is 0 Å². The Labute approximate surface area is 224 Å². The quantitative estimate of drug-likeness (QED) is 0.109. The zero-order valence-electron chi connectivity index (χ0n) is 21.6. The van der Waals surface area contributed by atoms with Crippen LogP contribution in [0.3, 0.4) is 0 Å². The van der Waals surface area contributed by atoms with E-state index >= 15 is 0 Å². The molecule has 1 N–H and O–H groups in total. The molecule has 5 nitrogen and oxygen atoms in total. The molecule has 0 atom stereocenters. The van der Waals surface area contributed by atoms with Gasteiger partial charge in [-0.25, -0.2) is 0 Å². The van der Waals surface area contributed by atoms with Crippen molar-refractivity contribution in [1.82, 2.24) is 5.32 Å². The molecule has 0 saturated heterocycles. The number of rotatable bonds is 13. The van der Waals surface area contributed by atoms with E-state index in [1.54, 1.807) is 0 Å². The zero-order chi connectivity index (χ0) is 26.6. The number of nitrogens with one attached hydrogen (secondary N) is 1. The summed E-state index contributed by atoms with van der Waals surface area (Å²) < 4.78 is 10.8. The lowest BCUT2D eigenvalue weighted by molar-refractivity contribution is -0.143. The lowest BCUT2D eigenvalue weighted by Gasteiger charge is -2.37. The fourth-order valence-electron chi connectivity index (χ4n) is 4.72. The van der Waals surface area contributed by atoms with Crippen LogP contribution in [0, 0.1) is 0 Å². The van der Waals surface area contributed by atoms with E-state index in [0.717, 1.165) is 28.0 Å². The first-order valence-electron chi connectivity index (χ1n) is 12.8. The lowest BCUT2D eigenvalue weighted by Crippen LogP contribution is -2.46. The van der Waals surface area contributed by atoms with Gasteiger partial charge in [0.15, 0.2) is 0 Å². The maximum atomic E-state index is 12.1. The van der Waals surface area contributed by atoms with Crippen molar-refractivity contribution in [3.8, 4) is 5.75 Å². The summed E-state index contributed by atoms with van der Waals surface area (Å²) in [4.78, 5) is 23.5. The third-order valence-corrected chi connectivity index (χ3v) is 6.59. The number of carbonyl (C=O) groups excluding carboxylic acids is 2. The highest BCUT2D eigenvalue weighted by atomic mass is 16.5. The molecule has 0 aromatic heterocycles. The first-order chi connectivity index (χ1) is 18.6. The average molecular weight is 508 g/mol. The summed E-state index contributed by atoms with van der Waals surface area (Å²) >= 11 is 0. The summed E-state index contributed by atoms with van der Waals surface area (Å²) in [6.45, 7) is 1.01. The van der Waals surface area contributed by atoms with Gasteiger partial charge in [-0.2, -0.15) is 0 Å². The smallest absolute Gasteiger partial charge is 0.313 e. The standard InChI is InChI=1S/C33H33NO4/c1-37-32(36)25-30(35)22-21-26-13-11-12-20-31(26)38-24-23-34-33(27-14-5-2-6-15-27,28-16-7-3-8-17-28)29-18-9-4-10-19-29/h2-20,34H,21-25H2,1H3. The highest BCUT2D eigenvalue weighted by Gasteiger charge is 2.35. The molecule has 0 bridgehead atoms. The van der Waals surface area contributed by atoms with Gasteiger partial charge in [-0.1, -0.05) is 109 Å². The van der Waals surface area contributed by atoms with Gasteiger partial charge in [-0.3, -0.25) is 14.9 Å². The lowest BCUT2D eigenvalue weighted by atomic mass is 9.77. The molecule has 0 fully saturated rings. The molecule has 0 aliphatic rings. The Bertz CT molecular complexity index is 1210. The number of ketones is 1. The Morgan fingerprint density at radius 1 is 0.711 bits per heavy atom. The minimum atomic E-state index is -0.563. The van der Waals surface area contributed by atoms with Gasteiger partial charge in [-0.15, -0.1) is 0 Å². The van der Waals surface area contributed by atoms with Crippen LogP contribution in [0.5, 0.6) is 5.75 Å². The summed E-state index contributed by atoms with van der Waals surface area (Å²) in [6, 6.07) is 39.1. The van der Waals surface area contributed by atoms with Crippen LogP contribution < -0.4 is 10.1 Å². The van der Waals surface area contributed by atoms with Crippen LogP contribution in [0.2, 0.25) is 0 Å². The first kappa shape index (κ1) is 26.8. The average Bonchev–Trinajstić information content (AvgIpc) is 2.98. The molecule has 4 aromatic carbocycles. The Morgan fingerprint density at radius 3 is 1.74 bits per heavy atom. The van der Waals surface area contributed by atoms with Gasteiger partial charge < -0.3 is 9.47 Å². The molecule has 0 spiro atoms. The molecule has 0 heterocycles. The van der Waals surface area contributed by atoms with Crippen LogP contribution in [0.4, 0.5) is 0 Å². The summed E-state index contributed by atoms with van der Waals surface area (Å²) in [5, 5.41) is 3.82. The van der Waals surface area contributed by atoms with Crippen LogP contribution >= 0.6 is 0 Å². The number of ether oxygens (including phenoxy) is 2. The van der Waals surface area contributed by atoms with Crippen molar-refractivity contribution in [2.75, 3.05) is 20.3 Å². The number of hydrogen-bond acceptors (Lipinski definition) is 5. The van der Waals surface area contributed by atoms with Crippen LogP contribution in [-0.2, 0) is 26.3 Å². The molecule has 4 aromatic rings. The number of esters is 1. The molecular formula is C33H33NO4. The van der Waals surface area contributed by atoms with Gasteiger partial charge in [0.25, 0.3) is 0 Å². The van der Waals surface area contributed by atoms with Gasteiger partial charge in [-0.05, 0) is 34.7 Å². The fraction of sp³-hybridized carbons (Fsp3) is 0.212. The van der Waals surface area contributed by atoms with E-state index < -0.39 is 11.5 Å². The number of methoxy groups -OCH3 is 1. The predicted octanol–water partition coefficient (Wildman–Crippen LogP) is 5.71. The molecule has 0 amide bonds. The van der Waals surface area contributed by atoms with Gasteiger partial charge in [0, 0.05) is 13.0 Å². The van der Waals surface area contributed by atoms with Gasteiger partial charge in [0.2, 0.25) is 0 Å². The zero-order valence-corrected chi connectivity index (χ0v) is 21.6. The number of aryl methyl sites for hydroxylation is 1. The Morgan fingerprint density at radius 2 is 1.21 bits per heavy atom. The fourth-order valence-corrected chi connectivity index (χ4v) is 4.72. The highest BCUT2D eigenvalue weighted by molar-refractivity contribution is 5.95. The number of para-hydroxylation sites is 1. The van der Waals surface area contributed by atoms with E-state index in [2.05, 4.69) is 82.9 Å². The third kappa shape index (κ3) is 6.55. The second-order valence-corrected chi connectivity index (χ2v) is 9.02. The van der Waals surface area contributed by atoms with Crippen molar-refractivity contribution in [2.45, 2.75) is 24.8 Å². The number of benzene rings is 4. The topological polar surface area (TPSA) is 64.6 Å². The van der Waals surface area contributed by atoms with Crippen molar-refractivity contribution in [3.63, 3.8) is 0 Å². The van der Waals surface area contributed by atoms with Crippen LogP contribution in [-0.4, -0.2) is 32.0 Å². The van der Waals surface area contributed by atoms with Gasteiger partial charge >= 0.3 is 5.97 Å². The van der Waals surface area contributed by atoms with E-state index in [1.807, 2.05) is 42.5 Å². The van der Waals surface area contributed by atoms with E-state index in [9.17, 15) is 9.59 Å². The highest BCUT2D eigenvalue weighted by Crippen LogP contribution is 2.36. The van der Waals surface area contributed by atoms with E-state index in [4.69, 9.17) is 4.74 Å².